The van der Waals surface area contributed by atoms with Crippen LogP contribution in [0.4, 0.5) is 0 Å². The van der Waals surface area contributed by atoms with Gasteiger partial charge in [0.2, 0.25) is 5.91 Å². The maximum atomic E-state index is 11.9. The molecular formula is C25H39NO3S. The van der Waals surface area contributed by atoms with Crippen LogP contribution in [-0.2, 0) is 9.59 Å². The van der Waals surface area contributed by atoms with Crippen molar-refractivity contribution in [3.8, 4) is 0 Å². The summed E-state index contributed by atoms with van der Waals surface area (Å²) in [5.41, 5.74) is 0. The van der Waals surface area contributed by atoms with Crippen LogP contribution < -0.4 is 5.32 Å². The van der Waals surface area contributed by atoms with E-state index in [2.05, 4.69) is 73.0 Å². The van der Waals surface area contributed by atoms with Gasteiger partial charge in [-0.25, -0.2) is 4.79 Å². The molecule has 0 aromatic rings. The number of carboxylic acids is 1. The highest BCUT2D eigenvalue weighted by Crippen LogP contribution is 2.03. The molecule has 0 aliphatic carbocycles. The molecule has 0 heterocycles. The summed E-state index contributed by atoms with van der Waals surface area (Å²) in [5, 5.41) is 11.7. The monoisotopic (exact) mass is 433 g/mol. The number of hydrogen-bond acceptors (Lipinski definition) is 3. The van der Waals surface area contributed by atoms with Crippen LogP contribution in [0.25, 0.3) is 0 Å². The minimum Gasteiger partial charge on any atom is -0.480 e. The van der Waals surface area contributed by atoms with Crippen molar-refractivity contribution < 1.29 is 14.7 Å². The van der Waals surface area contributed by atoms with Gasteiger partial charge in [0.25, 0.3) is 0 Å². The van der Waals surface area contributed by atoms with Crippen molar-refractivity contribution in [2.45, 2.75) is 70.8 Å². The molecule has 168 valence electrons. The van der Waals surface area contributed by atoms with Crippen LogP contribution >= 0.6 is 11.8 Å². The molecule has 0 aliphatic rings. The zero-order valence-corrected chi connectivity index (χ0v) is 19.4. The van der Waals surface area contributed by atoms with Crippen LogP contribution in [0.1, 0.15) is 64.7 Å². The van der Waals surface area contributed by atoms with Gasteiger partial charge < -0.3 is 10.4 Å². The topological polar surface area (TPSA) is 66.4 Å². The first-order valence-electron chi connectivity index (χ1n) is 10.9. The summed E-state index contributed by atoms with van der Waals surface area (Å²) >= 11 is 1.58. The highest BCUT2D eigenvalue weighted by atomic mass is 32.2. The lowest BCUT2D eigenvalue weighted by Crippen LogP contribution is -2.41. The minimum atomic E-state index is -0.963. The van der Waals surface area contributed by atoms with E-state index in [0.717, 1.165) is 50.7 Å². The van der Waals surface area contributed by atoms with Crippen molar-refractivity contribution in [1.29, 1.82) is 0 Å². The fraction of sp³-hybridized carbons (Fsp3) is 0.520. The smallest absolute Gasteiger partial charge is 0.326 e. The molecule has 2 N–H and O–H groups in total. The van der Waals surface area contributed by atoms with Gasteiger partial charge >= 0.3 is 5.97 Å². The quantitative estimate of drug-likeness (QED) is 0.199. The number of thioether (sulfide) groups is 1. The molecule has 0 aliphatic heterocycles. The predicted molar refractivity (Wildman–Crippen MR) is 131 cm³/mol. The number of nitrogens with one attached hydrogen (secondary N) is 1. The number of carbonyl (C=O) groups excluding carboxylic acids is 1. The number of unbranched alkanes of at least 4 members (excludes halogenated alkanes) is 1. The molecule has 0 fully saturated rings. The lowest BCUT2D eigenvalue weighted by atomic mass is 10.2. The van der Waals surface area contributed by atoms with Crippen LogP contribution in [0, 0.1) is 0 Å². The summed E-state index contributed by atoms with van der Waals surface area (Å²) in [6, 6.07) is -0.779. The fourth-order valence-corrected chi connectivity index (χ4v) is 2.98. The third-order valence-corrected chi connectivity index (χ3v) is 4.82. The number of allylic oxidation sites excluding steroid dienone is 10. The van der Waals surface area contributed by atoms with E-state index in [-0.39, 0.29) is 5.91 Å². The highest BCUT2D eigenvalue weighted by Gasteiger charge is 2.18. The molecule has 0 rings (SSSR count). The average Bonchev–Trinajstić information content (AvgIpc) is 2.73. The lowest BCUT2D eigenvalue weighted by molar-refractivity contribution is -0.141. The van der Waals surface area contributed by atoms with Gasteiger partial charge in [-0.1, -0.05) is 67.7 Å². The Bertz CT molecular complexity index is 591. The van der Waals surface area contributed by atoms with Crippen LogP contribution in [0.3, 0.4) is 0 Å². The number of carbonyl (C=O) groups is 2. The predicted octanol–water partition coefficient (Wildman–Crippen LogP) is 6.23. The Balaban J connectivity index is 3.74. The summed E-state index contributed by atoms with van der Waals surface area (Å²) in [7, 11) is 0. The van der Waals surface area contributed by atoms with Crippen molar-refractivity contribution in [1.82, 2.24) is 5.32 Å². The molecule has 0 bridgehead atoms. The molecule has 0 saturated heterocycles. The molecule has 0 aromatic heterocycles. The second-order valence-corrected chi connectivity index (χ2v) is 7.83. The van der Waals surface area contributed by atoms with E-state index in [1.807, 2.05) is 6.26 Å². The van der Waals surface area contributed by atoms with Gasteiger partial charge in [0.05, 0.1) is 0 Å². The van der Waals surface area contributed by atoms with E-state index in [0.29, 0.717) is 12.8 Å². The first-order chi connectivity index (χ1) is 14.6. The van der Waals surface area contributed by atoms with Gasteiger partial charge in [0.15, 0.2) is 0 Å². The van der Waals surface area contributed by atoms with Crippen LogP contribution in [0.5, 0.6) is 0 Å². The lowest BCUT2D eigenvalue weighted by Gasteiger charge is -2.13. The van der Waals surface area contributed by atoms with Crippen molar-refractivity contribution >= 4 is 23.6 Å². The first kappa shape index (κ1) is 28.0. The van der Waals surface area contributed by atoms with Gasteiger partial charge in [-0.05, 0) is 63.4 Å². The van der Waals surface area contributed by atoms with E-state index in [1.165, 1.54) is 0 Å². The standard InChI is InChI=1S/C25H39NO3S/c1-3-4-5-6-7-8-9-10-11-12-13-14-15-16-17-18-19-20-24(27)26-23(25(28)29)21-22-30-2/h4-5,7-8,10-11,13-14,16-17,23H,3,6,9,12,15,18-22H2,1-2H3,(H,26,27)(H,28,29)/b5-4-,8-7-,11-10-,14-13-,17-16-/t23-/m0/s1. The second-order valence-electron chi connectivity index (χ2n) is 6.84. The Kier molecular flexibility index (Phi) is 20.2. The largest absolute Gasteiger partial charge is 0.480 e. The van der Waals surface area contributed by atoms with Crippen molar-refractivity contribution in [2.75, 3.05) is 12.0 Å². The minimum absolute atomic E-state index is 0.184. The summed E-state index contributed by atoms with van der Waals surface area (Å²) in [6.45, 7) is 2.14. The number of amides is 1. The Morgan fingerprint density at radius 2 is 1.37 bits per heavy atom. The summed E-state index contributed by atoms with van der Waals surface area (Å²) < 4.78 is 0. The van der Waals surface area contributed by atoms with E-state index in [4.69, 9.17) is 5.11 Å². The van der Waals surface area contributed by atoms with Gasteiger partial charge in [0.1, 0.15) is 6.04 Å². The van der Waals surface area contributed by atoms with Gasteiger partial charge in [-0.15, -0.1) is 0 Å². The molecule has 1 atom stereocenters. The van der Waals surface area contributed by atoms with Gasteiger partial charge in [-0.3, -0.25) is 4.79 Å². The molecule has 1 amide bonds. The third-order valence-electron chi connectivity index (χ3n) is 4.18. The average molecular weight is 434 g/mol. The molecule has 0 radical (unpaired) electrons. The number of carboxylic acid groups (broad SMARTS) is 1. The third kappa shape index (κ3) is 19.3. The second kappa shape index (κ2) is 21.7. The fourth-order valence-electron chi connectivity index (χ4n) is 2.51. The van der Waals surface area contributed by atoms with Gasteiger partial charge in [-0.2, -0.15) is 11.8 Å². The first-order valence-corrected chi connectivity index (χ1v) is 12.3. The van der Waals surface area contributed by atoms with E-state index < -0.39 is 12.0 Å². The van der Waals surface area contributed by atoms with Crippen LogP contribution in [0.15, 0.2) is 60.8 Å². The van der Waals surface area contributed by atoms with E-state index in [9.17, 15) is 9.59 Å². The number of aliphatic carboxylic acids is 1. The summed E-state index contributed by atoms with van der Waals surface area (Å²) in [4.78, 5) is 23.0. The van der Waals surface area contributed by atoms with Crippen molar-refractivity contribution in [2.24, 2.45) is 0 Å². The van der Waals surface area contributed by atoms with E-state index >= 15 is 0 Å². The molecular weight excluding hydrogens is 394 g/mol. The summed E-state index contributed by atoms with van der Waals surface area (Å²) in [6.07, 6.45) is 30.8. The SMILES string of the molecule is CC/C=C\C/C=C\C/C=C\C/C=C\C/C=C\CCCC(=O)N[C@@H](CCSC)C(=O)O. The molecule has 0 aromatic carbocycles. The Hall–Kier alpha value is -2.01. The molecule has 0 unspecified atom stereocenters. The summed E-state index contributed by atoms with van der Waals surface area (Å²) in [5.74, 6) is -0.428. The van der Waals surface area contributed by atoms with Crippen molar-refractivity contribution in [3.05, 3.63) is 60.8 Å². The number of rotatable bonds is 18. The van der Waals surface area contributed by atoms with E-state index in [1.54, 1.807) is 11.8 Å². The maximum Gasteiger partial charge on any atom is 0.326 e. The molecule has 0 saturated carbocycles. The molecule has 0 spiro atoms. The maximum absolute atomic E-state index is 11.9. The zero-order chi connectivity index (χ0) is 22.3. The number of hydrogen-bond donors (Lipinski definition) is 2. The molecule has 5 heteroatoms. The highest BCUT2D eigenvalue weighted by molar-refractivity contribution is 7.98. The normalized spacial score (nSPS) is 13.4. The molecule has 30 heavy (non-hydrogen) atoms. The zero-order valence-electron chi connectivity index (χ0n) is 18.6. The Morgan fingerprint density at radius 3 is 1.83 bits per heavy atom. The van der Waals surface area contributed by atoms with Crippen molar-refractivity contribution in [3.63, 3.8) is 0 Å². The molecule has 4 nitrogen and oxygen atoms in total. The van der Waals surface area contributed by atoms with Crippen LogP contribution in [0.2, 0.25) is 0 Å². The Morgan fingerprint density at radius 1 is 0.867 bits per heavy atom. The van der Waals surface area contributed by atoms with Crippen LogP contribution in [-0.4, -0.2) is 35.0 Å². The van der Waals surface area contributed by atoms with Gasteiger partial charge in [0, 0.05) is 6.42 Å². The Labute approximate surface area is 187 Å².